The molecule has 1 aromatic carbocycles. The molecule has 106 valence electrons. The summed E-state index contributed by atoms with van der Waals surface area (Å²) in [6.07, 6.45) is 3.19. The van der Waals surface area contributed by atoms with E-state index in [0.29, 0.717) is 17.1 Å². The SMILES string of the molecule is O=S(=O)(Cl)c1nnc(-c2cccnc2)n1-c1ccccc1. The summed E-state index contributed by atoms with van der Waals surface area (Å²) in [6, 6.07) is 12.4. The van der Waals surface area contributed by atoms with Gasteiger partial charge in [0.05, 0.1) is 0 Å². The van der Waals surface area contributed by atoms with Crippen molar-refractivity contribution < 1.29 is 8.42 Å². The molecular formula is C13H9ClN4O2S. The van der Waals surface area contributed by atoms with Crippen molar-refractivity contribution in [3.8, 4) is 17.1 Å². The fourth-order valence-electron chi connectivity index (χ4n) is 1.92. The molecule has 2 aromatic heterocycles. The quantitative estimate of drug-likeness (QED) is 0.692. The Morgan fingerprint density at radius 1 is 1.00 bits per heavy atom. The minimum absolute atomic E-state index is 0.325. The van der Waals surface area contributed by atoms with E-state index in [1.807, 2.05) is 6.07 Å². The Kier molecular flexibility index (Phi) is 3.44. The first-order valence-corrected chi connectivity index (χ1v) is 8.24. The summed E-state index contributed by atoms with van der Waals surface area (Å²) in [5.74, 6) is 0.355. The van der Waals surface area contributed by atoms with Crippen molar-refractivity contribution in [1.82, 2.24) is 19.7 Å². The molecule has 2 heterocycles. The molecule has 8 heteroatoms. The van der Waals surface area contributed by atoms with Crippen LogP contribution in [0.15, 0.2) is 60.0 Å². The van der Waals surface area contributed by atoms with Gasteiger partial charge in [0, 0.05) is 34.3 Å². The van der Waals surface area contributed by atoms with Gasteiger partial charge in [0.2, 0.25) is 0 Å². The highest BCUT2D eigenvalue weighted by Crippen LogP contribution is 2.25. The highest BCUT2D eigenvalue weighted by atomic mass is 35.7. The van der Waals surface area contributed by atoms with E-state index in [-0.39, 0.29) is 5.16 Å². The second kappa shape index (κ2) is 5.27. The molecule has 0 unspecified atom stereocenters. The Morgan fingerprint density at radius 2 is 1.76 bits per heavy atom. The fraction of sp³-hybridized carbons (Fsp3) is 0. The molecule has 0 saturated carbocycles. The molecule has 0 aliphatic rings. The van der Waals surface area contributed by atoms with Gasteiger partial charge in [0.15, 0.2) is 5.82 Å². The van der Waals surface area contributed by atoms with Crippen LogP contribution in [0.3, 0.4) is 0 Å². The third-order valence-electron chi connectivity index (χ3n) is 2.79. The first kappa shape index (κ1) is 13.7. The van der Waals surface area contributed by atoms with E-state index in [4.69, 9.17) is 10.7 Å². The van der Waals surface area contributed by atoms with Gasteiger partial charge in [-0.15, -0.1) is 10.2 Å². The lowest BCUT2D eigenvalue weighted by molar-refractivity contribution is 0.597. The third-order valence-corrected chi connectivity index (χ3v) is 3.90. The number of hydrogen-bond donors (Lipinski definition) is 0. The lowest BCUT2D eigenvalue weighted by Crippen LogP contribution is -2.05. The number of para-hydroxylation sites is 1. The molecule has 6 nitrogen and oxygen atoms in total. The van der Waals surface area contributed by atoms with Gasteiger partial charge in [0.25, 0.3) is 14.2 Å². The first-order valence-electron chi connectivity index (χ1n) is 5.93. The number of benzene rings is 1. The molecule has 21 heavy (non-hydrogen) atoms. The van der Waals surface area contributed by atoms with Crippen molar-refractivity contribution in [3.05, 3.63) is 54.9 Å². The van der Waals surface area contributed by atoms with Crippen LogP contribution >= 0.6 is 10.7 Å². The van der Waals surface area contributed by atoms with Crippen LogP contribution in [0, 0.1) is 0 Å². The molecule has 3 rings (SSSR count). The molecule has 0 aliphatic carbocycles. The number of halogens is 1. The van der Waals surface area contributed by atoms with Crippen LogP contribution in [0.5, 0.6) is 0 Å². The van der Waals surface area contributed by atoms with Gasteiger partial charge in [-0.1, -0.05) is 18.2 Å². The molecule has 0 atom stereocenters. The van der Waals surface area contributed by atoms with Gasteiger partial charge in [0.1, 0.15) is 0 Å². The van der Waals surface area contributed by atoms with Gasteiger partial charge in [-0.2, -0.15) is 0 Å². The summed E-state index contributed by atoms with van der Waals surface area (Å²) in [7, 11) is 1.42. The second-order valence-electron chi connectivity index (χ2n) is 4.16. The molecule has 0 aliphatic heterocycles. The molecule has 0 amide bonds. The Morgan fingerprint density at radius 3 is 2.38 bits per heavy atom. The van der Waals surface area contributed by atoms with Gasteiger partial charge >= 0.3 is 0 Å². The standard InChI is InChI=1S/C13H9ClN4O2S/c14-21(19,20)13-17-16-12(10-5-4-8-15-9-10)18(13)11-6-2-1-3-7-11/h1-9H. The van der Waals surface area contributed by atoms with Gasteiger partial charge < -0.3 is 0 Å². The molecule has 0 bridgehead atoms. The second-order valence-corrected chi connectivity index (χ2v) is 6.62. The molecule has 0 fully saturated rings. The minimum atomic E-state index is -4.03. The van der Waals surface area contributed by atoms with E-state index in [2.05, 4.69) is 15.2 Å². The maximum Gasteiger partial charge on any atom is 0.297 e. The maximum absolute atomic E-state index is 11.7. The van der Waals surface area contributed by atoms with Crippen LogP contribution < -0.4 is 0 Å². The Bertz CT molecular complexity index is 864. The van der Waals surface area contributed by atoms with Crippen molar-refractivity contribution >= 4 is 19.7 Å². The van der Waals surface area contributed by atoms with E-state index < -0.39 is 9.05 Å². The molecule has 0 N–H and O–H groups in total. The number of pyridine rings is 1. The largest absolute Gasteiger partial charge is 0.297 e. The van der Waals surface area contributed by atoms with Gasteiger partial charge in [-0.3, -0.25) is 9.55 Å². The Hall–Kier alpha value is -2.25. The zero-order valence-corrected chi connectivity index (χ0v) is 12.2. The van der Waals surface area contributed by atoms with E-state index in [1.165, 1.54) is 4.57 Å². The van der Waals surface area contributed by atoms with Crippen LogP contribution in [0.1, 0.15) is 0 Å². The summed E-state index contributed by atoms with van der Waals surface area (Å²) < 4.78 is 24.8. The van der Waals surface area contributed by atoms with E-state index in [9.17, 15) is 8.42 Å². The van der Waals surface area contributed by atoms with E-state index >= 15 is 0 Å². The molecular weight excluding hydrogens is 312 g/mol. The van der Waals surface area contributed by atoms with Crippen molar-refractivity contribution in [2.24, 2.45) is 0 Å². The Labute approximate surface area is 125 Å². The smallest absolute Gasteiger partial charge is 0.265 e. The maximum atomic E-state index is 11.7. The number of hydrogen-bond acceptors (Lipinski definition) is 5. The van der Waals surface area contributed by atoms with E-state index in [1.54, 1.807) is 48.8 Å². The minimum Gasteiger partial charge on any atom is -0.265 e. The monoisotopic (exact) mass is 320 g/mol. The number of nitrogens with zero attached hydrogens (tertiary/aromatic N) is 4. The number of rotatable bonds is 3. The summed E-state index contributed by atoms with van der Waals surface area (Å²) in [6.45, 7) is 0. The summed E-state index contributed by atoms with van der Waals surface area (Å²) in [4.78, 5) is 4.00. The highest BCUT2D eigenvalue weighted by molar-refractivity contribution is 8.13. The van der Waals surface area contributed by atoms with Gasteiger partial charge in [-0.25, -0.2) is 8.42 Å². The fourth-order valence-corrected chi connectivity index (χ4v) is 2.77. The van der Waals surface area contributed by atoms with Crippen molar-refractivity contribution in [1.29, 1.82) is 0 Å². The molecule has 0 radical (unpaired) electrons. The summed E-state index contributed by atoms with van der Waals surface area (Å²) >= 11 is 0. The normalized spacial score (nSPS) is 11.5. The van der Waals surface area contributed by atoms with Crippen LogP contribution in [-0.2, 0) is 9.05 Å². The van der Waals surface area contributed by atoms with Crippen LogP contribution in [0.4, 0.5) is 0 Å². The lowest BCUT2D eigenvalue weighted by Gasteiger charge is -2.08. The lowest BCUT2D eigenvalue weighted by atomic mass is 10.2. The topological polar surface area (TPSA) is 77.7 Å². The summed E-state index contributed by atoms with van der Waals surface area (Å²) in [5.41, 5.74) is 1.24. The molecule has 0 spiro atoms. The first-order chi connectivity index (χ1) is 10.1. The third kappa shape index (κ3) is 2.65. The van der Waals surface area contributed by atoms with Crippen LogP contribution in [0.2, 0.25) is 0 Å². The molecule has 0 saturated heterocycles. The van der Waals surface area contributed by atoms with Crippen molar-refractivity contribution in [2.75, 3.05) is 0 Å². The Balaban J connectivity index is 2.31. The van der Waals surface area contributed by atoms with Gasteiger partial charge in [-0.05, 0) is 24.3 Å². The predicted molar refractivity (Wildman–Crippen MR) is 77.6 cm³/mol. The summed E-state index contributed by atoms with van der Waals surface area (Å²) in [5, 5.41) is 7.32. The van der Waals surface area contributed by atoms with Crippen molar-refractivity contribution in [3.63, 3.8) is 0 Å². The number of aromatic nitrogens is 4. The molecule has 3 aromatic rings. The van der Waals surface area contributed by atoms with E-state index in [0.717, 1.165) is 0 Å². The zero-order chi connectivity index (χ0) is 14.9. The average molecular weight is 321 g/mol. The van der Waals surface area contributed by atoms with Crippen molar-refractivity contribution in [2.45, 2.75) is 5.16 Å². The predicted octanol–water partition coefficient (Wildman–Crippen LogP) is 2.26. The zero-order valence-electron chi connectivity index (χ0n) is 10.6. The van der Waals surface area contributed by atoms with Crippen LogP contribution in [0.25, 0.3) is 17.1 Å². The highest BCUT2D eigenvalue weighted by Gasteiger charge is 2.24. The van der Waals surface area contributed by atoms with Crippen LogP contribution in [-0.4, -0.2) is 28.2 Å². The average Bonchev–Trinajstić information content (AvgIpc) is 2.94.